The second-order valence-electron chi connectivity index (χ2n) is 8.30. The number of carbonyl (C=O) groups is 1. The van der Waals surface area contributed by atoms with Crippen LogP contribution in [0.25, 0.3) is 0 Å². The van der Waals surface area contributed by atoms with Crippen LogP contribution < -0.4 is 20.7 Å². The number of ether oxygens (including phenoxy) is 1. The number of urea groups is 1. The van der Waals surface area contributed by atoms with Gasteiger partial charge in [0.1, 0.15) is 11.5 Å². The maximum absolute atomic E-state index is 12.2. The Bertz CT molecular complexity index is 971. The molecule has 7 heteroatoms. The molecular weight excluding hydrogens is 380 g/mol. The van der Waals surface area contributed by atoms with Crippen LogP contribution in [0.5, 0.6) is 5.75 Å². The molecule has 7 nitrogen and oxygen atoms in total. The molecular formula is C23H28N4O3. The second kappa shape index (κ2) is 8.90. The van der Waals surface area contributed by atoms with E-state index in [1.165, 1.54) is 0 Å². The molecule has 0 saturated carbocycles. The Morgan fingerprint density at radius 3 is 2.03 bits per heavy atom. The summed E-state index contributed by atoms with van der Waals surface area (Å²) >= 11 is 0. The highest BCUT2D eigenvalue weighted by Crippen LogP contribution is 2.25. The first-order valence-electron chi connectivity index (χ1n) is 9.88. The number of rotatable bonds is 6. The molecule has 2 aromatic carbocycles. The molecule has 0 saturated heterocycles. The molecule has 0 atom stereocenters. The average molecular weight is 409 g/mol. The molecule has 0 bridgehead atoms. The lowest BCUT2D eigenvalue weighted by atomic mass is 9.93. The van der Waals surface area contributed by atoms with Gasteiger partial charge in [-0.15, -0.1) is 0 Å². The Kier molecular flexibility index (Phi) is 6.30. The number of nitrogens with one attached hydrogen (secondary N) is 3. The van der Waals surface area contributed by atoms with Crippen LogP contribution in [-0.4, -0.2) is 17.3 Å². The molecule has 0 fully saturated rings. The van der Waals surface area contributed by atoms with Crippen LogP contribution >= 0.6 is 0 Å². The van der Waals surface area contributed by atoms with E-state index in [2.05, 4.69) is 21.1 Å². The first-order chi connectivity index (χ1) is 14.2. The summed E-state index contributed by atoms with van der Waals surface area (Å²) in [6, 6.07) is 16.5. The second-order valence-corrected chi connectivity index (χ2v) is 8.30. The van der Waals surface area contributed by atoms with Crippen molar-refractivity contribution in [1.29, 1.82) is 0 Å². The Labute approximate surface area is 176 Å². The average Bonchev–Trinajstić information content (AvgIpc) is 3.13. The quantitative estimate of drug-likeness (QED) is 0.455. The first kappa shape index (κ1) is 21.2. The van der Waals surface area contributed by atoms with Crippen LogP contribution in [0.4, 0.5) is 27.7 Å². The zero-order valence-electron chi connectivity index (χ0n) is 17.9. The van der Waals surface area contributed by atoms with Crippen LogP contribution in [0.15, 0.2) is 59.1 Å². The van der Waals surface area contributed by atoms with Gasteiger partial charge in [-0.05, 0) is 62.4 Å². The number of nitrogens with zero attached hydrogens (tertiary/aromatic N) is 1. The van der Waals surface area contributed by atoms with E-state index in [-0.39, 0.29) is 17.6 Å². The number of anilines is 4. The van der Waals surface area contributed by atoms with E-state index >= 15 is 0 Å². The van der Waals surface area contributed by atoms with E-state index in [0.29, 0.717) is 17.3 Å². The summed E-state index contributed by atoms with van der Waals surface area (Å²) in [6.45, 7) is 10.0. The van der Waals surface area contributed by atoms with Gasteiger partial charge in [0.2, 0.25) is 0 Å². The number of amides is 2. The number of benzene rings is 2. The molecule has 0 spiro atoms. The van der Waals surface area contributed by atoms with E-state index in [1.54, 1.807) is 6.07 Å². The zero-order chi connectivity index (χ0) is 21.7. The molecule has 2 amide bonds. The Balaban J connectivity index is 1.54. The zero-order valence-corrected chi connectivity index (χ0v) is 17.9. The van der Waals surface area contributed by atoms with Crippen molar-refractivity contribution in [3.05, 3.63) is 60.4 Å². The van der Waals surface area contributed by atoms with Crippen molar-refractivity contribution in [2.75, 3.05) is 16.0 Å². The normalized spacial score (nSPS) is 11.3. The van der Waals surface area contributed by atoms with E-state index in [1.807, 2.05) is 83.1 Å². The highest BCUT2D eigenvalue weighted by molar-refractivity contribution is 5.99. The van der Waals surface area contributed by atoms with Crippen LogP contribution in [0.3, 0.4) is 0 Å². The lowest BCUT2D eigenvalue weighted by molar-refractivity contribution is 0.242. The van der Waals surface area contributed by atoms with Crippen molar-refractivity contribution in [3.63, 3.8) is 0 Å². The maximum atomic E-state index is 12.2. The molecule has 1 heterocycles. The van der Waals surface area contributed by atoms with Crippen LogP contribution in [-0.2, 0) is 5.41 Å². The van der Waals surface area contributed by atoms with Crippen molar-refractivity contribution in [2.24, 2.45) is 0 Å². The van der Waals surface area contributed by atoms with Crippen molar-refractivity contribution in [1.82, 2.24) is 5.16 Å². The van der Waals surface area contributed by atoms with Crippen molar-refractivity contribution < 1.29 is 14.1 Å². The molecule has 3 rings (SSSR count). The maximum Gasteiger partial charge on any atom is 0.324 e. The van der Waals surface area contributed by atoms with Gasteiger partial charge in [-0.25, -0.2) is 4.79 Å². The Morgan fingerprint density at radius 1 is 0.933 bits per heavy atom. The van der Waals surface area contributed by atoms with Crippen LogP contribution in [0.2, 0.25) is 0 Å². The summed E-state index contributed by atoms with van der Waals surface area (Å²) in [4.78, 5) is 12.2. The topological polar surface area (TPSA) is 88.4 Å². The molecule has 0 radical (unpaired) electrons. The third-order valence-electron chi connectivity index (χ3n) is 4.15. The van der Waals surface area contributed by atoms with Crippen LogP contribution in [0, 0.1) is 0 Å². The fourth-order valence-corrected chi connectivity index (χ4v) is 2.66. The lowest BCUT2D eigenvalue weighted by Gasteiger charge is -2.12. The molecule has 0 unspecified atom stereocenters. The van der Waals surface area contributed by atoms with Gasteiger partial charge in [0.25, 0.3) is 0 Å². The van der Waals surface area contributed by atoms with Gasteiger partial charge in [0.15, 0.2) is 5.82 Å². The standard InChI is InChI=1S/C23H28N4O3/c1-15(2)29-19-12-10-17(11-13-19)24-16-6-8-18(9-7-16)25-22(28)26-21-14-20(30-27-21)23(3,4)5/h6-15,24H,1-5H3,(H2,25,26,27,28). The molecule has 30 heavy (non-hydrogen) atoms. The third-order valence-corrected chi connectivity index (χ3v) is 4.15. The minimum Gasteiger partial charge on any atom is -0.491 e. The fraction of sp³-hybridized carbons (Fsp3) is 0.304. The molecule has 1 aromatic heterocycles. The van der Waals surface area contributed by atoms with E-state index < -0.39 is 0 Å². The fourth-order valence-electron chi connectivity index (χ4n) is 2.66. The minimum atomic E-state index is -0.384. The number of hydrogen-bond acceptors (Lipinski definition) is 5. The Morgan fingerprint density at radius 2 is 1.50 bits per heavy atom. The van der Waals surface area contributed by atoms with Gasteiger partial charge in [-0.2, -0.15) is 0 Å². The van der Waals surface area contributed by atoms with Gasteiger partial charge in [0, 0.05) is 28.5 Å². The molecule has 158 valence electrons. The van der Waals surface area contributed by atoms with Gasteiger partial charge in [0.05, 0.1) is 6.10 Å². The summed E-state index contributed by atoms with van der Waals surface area (Å²) in [7, 11) is 0. The minimum absolute atomic E-state index is 0.144. The Hall–Kier alpha value is -3.48. The van der Waals surface area contributed by atoms with E-state index in [0.717, 1.165) is 17.1 Å². The predicted molar refractivity (Wildman–Crippen MR) is 120 cm³/mol. The number of hydrogen-bond donors (Lipinski definition) is 3. The summed E-state index contributed by atoms with van der Waals surface area (Å²) in [5, 5.41) is 12.6. The van der Waals surface area contributed by atoms with E-state index in [9.17, 15) is 4.79 Å². The van der Waals surface area contributed by atoms with E-state index in [4.69, 9.17) is 9.26 Å². The summed E-state index contributed by atoms with van der Waals surface area (Å²) < 4.78 is 10.9. The SMILES string of the molecule is CC(C)Oc1ccc(Nc2ccc(NC(=O)Nc3cc(C(C)(C)C)on3)cc2)cc1. The molecule has 0 aliphatic rings. The van der Waals surface area contributed by atoms with Crippen molar-refractivity contribution in [2.45, 2.75) is 46.1 Å². The lowest BCUT2D eigenvalue weighted by Crippen LogP contribution is -2.19. The molecule has 3 aromatic rings. The smallest absolute Gasteiger partial charge is 0.324 e. The monoisotopic (exact) mass is 408 g/mol. The highest BCUT2D eigenvalue weighted by atomic mass is 16.5. The summed E-state index contributed by atoms with van der Waals surface area (Å²) in [5.74, 6) is 1.92. The van der Waals surface area contributed by atoms with Crippen LogP contribution in [0.1, 0.15) is 40.4 Å². The predicted octanol–water partition coefficient (Wildman–Crippen LogP) is 6.15. The number of carbonyl (C=O) groups excluding carboxylic acids is 1. The van der Waals surface area contributed by atoms with Gasteiger partial charge < -0.3 is 19.9 Å². The van der Waals surface area contributed by atoms with Gasteiger partial charge in [-0.1, -0.05) is 25.9 Å². The van der Waals surface area contributed by atoms with Gasteiger partial charge >= 0.3 is 6.03 Å². The van der Waals surface area contributed by atoms with Crippen molar-refractivity contribution in [3.8, 4) is 5.75 Å². The molecule has 0 aliphatic carbocycles. The third kappa shape index (κ3) is 6.01. The largest absolute Gasteiger partial charge is 0.491 e. The van der Waals surface area contributed by atoms with Gasteiger partial charge in [-0.3, -0.25) is 5.32 Å². The number of aromatic nitrogens is 1. The highest BCUT2D eigenvalue weighted by Gasteiger charge is 2.20. The molecule has 0 aliphatic heterocycles. The summed E-state index contributed by atoms with van der Waals surface area (Å²) in [5.41, 5.74) is 2.35. The first-order valence-corrected chi connectivity index (χ1v) is 9.88. The summed E-state index contributed by atoms with van der Waals surface area (Å²) in [6.07, 6.45) is 0.144. The molecule has 3 N–H and O–H groups in total. The van der Waals surface area contributed by atoms with Crippen molar-refractivity contribution >= 4 is 28.9 Å².